The van der Waals surface area contributed by atoms with Crippen molar-refractivity contribution >= 4 is 16.8 Å². The zero-order chi connectivity index (χ0) is 14.7. The number of rotatable bonds is 4. The molecule has 2 heterocycles. The van der Waals surface area contributed by atoms with Crippen LogP contribution in [0.3, 0.4) is 0 Å². The predicted octanol–water partition coefficient (Wildman–Crippen LogP) is 2.42. The van der Waals surface area contributed by atoms with Crippen molar-refractivity contribution in [3.05, 3.63) is 60.2 Å². The minimum Gasteiger partial charge on any atom is -0.467 e. The molecule has 5 nitrogen and oxygen atoms in total. The fourth-order valence-corrected chi connectivity index (χ4v) is 2.28. The van der Waals surface area contributed by atoms with E-state index < -0.39 is 0 Å². The van der Waals surface area contributed by atoms with Crippen LogP contribution >= 0.6 is 0 Å². The lowest BCUT2D eigenvalue weighted by Crippen LogP contribution is -2.26. The van der Waals surface area contributed by atoms with Gasteiger partial charge in [0.05, 0.1) is 18.4 Å². The second-order valence-electron chi connectivity index (χ2n) is 4.66. The molecule has 104 valence electrons. The lowest BCUT2D eigenvalue weighted by Gasteiger charge is -2.06. The number of carbonyl (C=O) groups excluding carboxylic acids is 1. The Morgan fingerprint density at radius 1 is 1.29 bits per heavy atom. The Labute approximate surface area is 121 Å². The van der Waals surface area contributed by atoms with Crippen molar-refractivity contribution in [3.63, 3.8) is 0 Å². The first-order valence-corrected chi connectivity index (χ1v) is 6.55. The van der Waals surface area contributed by atoms with Crippen LogP contribution in [0.15, 0.2) is 53.3 Å². The number of hydrogen-bond donors (Lipinski definition) is 1. The van der Waals surface area contributed by atoms with Gasteiger partial charge in [-0.15, -0.1) is 0 Å². The molecule has 5 heteroatoms. The standard InChI is InChI=1S/C16H13N3O2/c17-8-12-10-19(15-6-2-1-5-14(12)15)11-16(20)18-9-13-4-3-7-21-13/h1-7,10H,9,11H2,(H,18,20). The molecule has 0 aliphatic heterocycles. The molecule has 1 N–H and O–H groups in total. The molecule has 0 saturated carbocycles. The highest BCUT2D eigenvalue weighted by Crippen LogP contribution is 2.20. The van der Waals surface area contributed by atoms with Gasteiger partial charge in [-0.2, -0.15) is 5.26 Å². The van der Waals surface area contributed by atoms with Crippen LogP contribution in [0.4, 0.5) is 0 Å². The van der Waals surface area contributed by atoms with Gasteiger partial charge in [0.1, 0.15) is 18.4 Å². The molecule has 0 saturated heterocycles. The van der Waals surface area contributed by atoms with Crippen LogP contribution in [-0.2, 0) is 17.9 Å². The summed E-state index contributed by atoms with van der Waals surface area (Å²) in [5.74, 6) is 0.579. The first kappa shape index (κ1) is 13.0. The Hall–Kier alpha value is -3.00. The van der Waals surface area contributed by atoms with Crippen molar-refractivity contribution in [3.8, 4) is 6.07 Å². The van der Waals surface area contributed by atoms with E-state index in [1.165, 1.54) is 0 Å². The van der Waals surface area contributed by atoms with E-state index in [1.807, 2.05) is 24.3 Å². The van der Waals surface area contributed by atoms with Crippen molar-refractivity contribution < 1.29 is 9.21 Å². The number of benzene rings is 1. The second kappa shape index (κ2) is 5.55. The molecule has 2 aromatic heterocycles. The Balaban J connectivity index is 1.75. The first-order chi connectivity index (χ1) is 10.3. The van der Waals surface area contributed by atoms with Gasteiger partial charge in [0, 0.05) is 17.1 Å². The van der Waals surface area contributed by atoms with Crippen LogP contribution in [0, 0.1) is 11.3 Å². The van der Waals surface area contributed by atoms with Gasteiger partial charge in [0.25, 0.3) is 0 Å². The van der Waals surface area contributed by atoms with E-state index >= 15 is 0 Å². The van der Waals surface area contributed by atoms with Gasteiger partial charge in [-0.1, -0.05) is 18.2 Å². The molecular weight excluding hydrogens is 266 g/mol. The number of fused-ring (bicyclic) bond motifs is 1. The van der Waals surface area contributed by atoms with Crippen molar-refractivity contribution in [1.29, 1.82) is 5.26 Å². The molecule has 0 bridgehead atoms. The molecule has 1 aromatic carbocycles. The first-order valence-electron chi connectivity index (χ1n) is 6.55. The molecule has 3 aromatic rings. The van der Waals surface area contributed by atoms with Crippen LogP contribution < -0.4 is 5.32 Å². The zero-order valence-electron chi connectivity index (χ0n) is 11.2. The Kier molecular flexibility index (Phi) is 3.44. The summed E-state index contributed by atoms with van der Waals surface area (Å²) < 4.78 is 6.94. The largest absolute Gasteiger partial charge is 0.467 e. The van der Waals surface area contributed by atoms with E-state index in [2.05, 4.69) is 11.4 Å². The Morgan fingerprint density at radius 3 is 2.90 bits per heavy atom. The number of amides is 1. The molecule has 0 radical (unpaired) electrons. The van der Waals surface area contributed by atoms with Gasteiger partial charge in [-0.25, -0.2) is 0 Å². The van der Waals surface area contributed by atoms with Crippen LogP contribution in [-0.4, -0.2) is 10.5 Å². The van der Waals surface area contributed by atoms with E-state index in [0.29, 0.717) is 17.9 Å². The van der Waals surface area contributed by atoms with Crippen molar-refractivity contribution in [1.82, 2.24) is 9.88 Å². The number of carbonyl (C=O) groups is 1. The third kappa shape index (κ3) is 2.65. The highest BCUT2D eigenvalue weighted by molar-refractivity contribution is 5.88. The van der Waals surface area contributed by atoms with Crippen LogP contribution in [0.1, 0.15) is 11.3 Å². The molecule has 0 aliphatic carbocycles. The number of para-hydroxylation sites is 1. The van der Waals surface area contributed by atoms with Gasteiger partial charge < -0.3 is 14.3 Å². The number of furan rings is 1. The smallest absolute Gasteiger partial charge is 0.240 e. The summed E-state index contributed by atoms with van der Waals surface area (Å²) in [7, 11) is 0. The monoisotopic (exact) mass is 279 g/mol. The maximum atomic E-state index is 12.0. The molecule has 0 aliphatic rings. The van der Waals surface area contributed by atoms with E-state index in [9.17, 15) is 4.79 Å². The van der Waals surface area contributed by atoms with Gasteiger partial charge >= 0.3 is 0 Å². The molecule has 1 amide bonds. The Bertz CT molecular complexity index is 810. The van der Waals surface area contributed by atoms with Crippen molar-refractivity contribution in [2.45, 2.75) is 13.1 Å². The van der Waals surface area contributed by atoms with Gasteiger partial charge in [-0.05, 0) is 18.2 Å². The number of nitrogens with one attached hydrogen (secondary N) is 1. The average Bonchev–Trinajstić information content (AvgIpc) is 3.13. The maximum absolute atomic E-state index is 12.0. The number of nitrogens with zero attached hydrogens (tertiary/aromatic N) is 2. The summed E-state index contributed by atoms with van der Waals surface area (Å²) in [5, 5.41) is 12.8. The topological polar surface area (TPSA) is 71.0 Å². The average molecular weight is 279 g/mol. The summed E-state index contributed by atoms with van der Waals surface area (Å²) in [6.45, 7) is 0.527. The predicted molar refractivity (Wildman–Crippen MR) is 77.2 cm³/mol. The van der Waals surface area contributed by atoms with Crippen LogP contribution in [0.5, 0.6) is 0 Å². The molecule has 3 rings (SSSR count). The normalized spacial score (nSPS) is 10.4. The highest BCUT2D eigenvalue weighted by Gasteiger charge is 2.10. The molecule has 0 fully saturated rings. The number of hydrogen-bond acceptors (Lipinski definition) is 3. The van der Waals surface area contributed by atoms with E-state index in [1.54, 1.807) is 29.2 Å². The molecule has 0 spiro atoms. The summed E-state index contributed by atoms with van der Waals surface area (Å²) in [5.41, 5.74) is 1.45. The SMILES string of the molecule is N#Cc1cn(CC(=O)NCc2ccco2)c2ccccc12. The number of nitriles is 1. The minimum atomic E-state index is -0.128. The quantitative estimate of drug-likeness (QED) is 0.797. The summed E-state index contributed by atoms with van der Waals surface area (Å²) in [4.78, 5) is 12.0. The van der Waals surface area contributed by atoms with E-state index in [0.717, 1.165) is 10.9 Å². The molecule has 21 heavy (non-hydrogen) atoms. The number of aromatic nitrogens is 1. The summed E-state index contributed by atoms with van der Waals surface area (Å²) in [6.07, 6.45) is 3.28. The van der Waals surface area contributed by atoms with E-state index in [-0.39, 0.29) is 12.5 Å². The summed E-state index contributed by atoms with van der Waals surface area (Å²) >= 11 is 0. The van der Waals surface area contributed by atoms with Crippen molar-refractivity contribution in [2.24, 2.45) is 0 Å². The Morgan fingerprint density at radius 2 is 2.14 bits per heavy atom. The van der Waals surface area contributed by atoms with Crippen LogP contribution in [0.25, 0.3) is 10.9 Å². The maximum Gasteiger partial charge on any atom is 0.240 e. The van der Waals surface area contributed by atoms with Gasteiger partial charge in [-0.3, -0.25) is 4.79 Å². The third-order valence-corrected chi connectivity index (χ3v) is 3.26. The zero-order valence-corrected chi connectivity index (χ0v) is 11.2. The fourth-order valence-electron chi connectivity index (χ4n) is 2.28. The highest BCUT2D eigenvalue weighted by atomic mass is 16.3. The molecular formula is C16H13N3O2. The molecule has 0 unspecified atom stereocenters. The fraction of sp³-hybridized carbons (Fsp3) is 0.125. The third-order valence-electron chi connectivity index (χ3n) is 3.26. The van der Waals surface area contributed by atoms with Gasteiger partial charge in [0.15, 0.2) is 0 Å². The lowest BCUT2D eigenvalue weighted by atomic mass is 10.2. The van der Waals surface area contributed by atoms with E-state index in [4.69, 9.17) is 9.68 Å². The van der Waals surface area contributed by atoms with Gasteiger partial charge in [0.2, 0.25) is 5.91 Å². The van der Waals surface area contributed by atoms with Crippen LogP contribution in [0.2, 0.25) is 0 Å². The summed E-state index contributed by atoms with van der Waals surface area (Å²) in [6, 6.07) is 13.3. The van der Waals surface area contributed by atoms with Crippen molar-refractivity contribution in [2.75, 3.05) is 0 Å². The second-order valence-corrected chi connectivity index (χ2v) is 4.66. The minimum absolute atomic E-state index is 0.128. The molecule has 0 atom stereocenters. The lowest BCUT2D eigenvalue weighted by molar-refractivity contribution is -0.121.